The van der Waals surface area contributed by atoms with Gasteiger partial charge in [-0.1, -0.05) is 20.8 Å². The molecule has 0 heterocycles. The van der Waals surface area contributed by atoms with Gasteiger partial charge in [-0.3, -0.25) is 4.79 Å². The number of hydrogen-bond acceptors (Lipinski definition) is 4. The molecule has 4 nitrogen and oxygen atoms in total. The molecule has 0 amide bonds. The molecule has 4 N–H and O–H groups in total. The fraction of sp³-hybridized carbons (Fsp3) is 0.857. The van der Waals surface area contributed by atoms with Crippen molar-refractivity contribution in [2.45, 2.75) is 33.2 Å². The van der Waals surface area contributed by atoms with Crippen LogP contribution in [-0.2, 0) is 9.63 Å². The number of carbonyl (C=O) groups excluding carboxylic acids is 1. The molecule has 0 spiro atoms. The molecule has 0 aliphatic rings. The van der Waals surface area contributed by atoms with E-state index < -0.39 is 5.97 Å². The van der Waals surface area contributed by atoms with Gasteiger partial charge in [-0.2, -0.15) is 5.90 Å². The Kier molecular flexibility index (Phi) is 3.48. The SMILES string of the molecule is CC(C)(C)C(N)CC(=O)ON. The van der Waals surface area contributed by atoms with Crippen LogP contribution in [0.3, 0.4) is 0 Å². The Morgan fingerprint density at radius 2 is 2.00 bits per heavy atom. The van der Waals surface area contributed by atoms with Gasteiger partial charge < -0.3 is 10.6 Å². The van der Waals surface area contributed by atoms with E-state index in [4.69, 9.17) is 5.73 Å². The predicted molar refractivity (Wildman–Crippen MR) is 42.3 cm³/mol. The lowest BCUT2D eigenvalue weighted by Crippen LogP contribution is -2.37. The molecule has 4 heteroatoms. The zero-order valence-electron chi connectivity index (χ0n) is 7.26. The van der Waals surface area contributed by atoms with Gasteiger partial charge in [0.1, 0.15) is 0 Å². The Hall–Kier alpha value is -0.610. The van der Waals surface area contributed by atoms with Crippen LogP contribution in [0.25, 0.3) is 0 Å². The van der Waals surface area contributed by atoms with Crippen molar-refractivity contribution < 1.29 is 9.63 Å². The summed E-state index contributed by atoms with van der Waals surface area (Å²) in [6.07, 6.45) is 0.167. The Labute approximate surface area is 66.8 Å². The van der Waals surface area contributed by atoms with Crippen LogP contribution in [0, 0.1) is 5.41 Å². The number of rotatable bonds is 2. The van der Waals surface area contributed by atoms with Crippen molar-refractivity contribution in [2.24, 2.45) is 17.0 Å². The minimum absolute atomic E-state index is 0.0891. The molecule has 66 valence electrons. The molecule has 0 rings (SSSR count). The van der Waals surface area contributed by atoms with E-state index in [-0.39, 0.29) is 17.9 Å². The topological polar surface area (TPSA) is 78.3 Å². The van der Waals surface area contributed by atoms with E-state index in [0.29, 0.717) is 0 Å². The highest BCUT2D eigenvalue weighted by Crippen LogP contribution is 2.19. The Morgan fingerprint density at radius 1 is 1.55 bits per heavy atom. The summed E-state index contributed by atoms with van der Waals surface area (Å²) in [5.74, 6) is 4.19. The van der Waals surface area contributed by atoms with Gasteiger partial charge >= 0.3 is 5.97 Å². The molecule has 0 radical (unpaired) electrons. The summed E-state index contributed by atoms with van der Waals surface area (Å²) in [6, 6.07) is -0.210. The highest BCUT2D eigenvalue weighted by atomic mass is 16.7. The third-order valence-electron chi connectivity index (χ3n) is 1.63. The van der Waals surface area contributed by atoms with Gasteiger partial charge in [0.2, 0.25) is 0 Å². The van der Waals surface area contributed by atoms with Crippen LogP contribution in [0.4, 0.5) is 0 Å². The second kappa shape index (κ2) is 3.69. The second-order valence-electron chi connectivity index (χ2n) is 3.67. The molecule has 0 fully saturated rings. The van der Waals surface area contributed by atoms with Gasteiger partial charge in [0.05, 0.1) is 6.42 Å². The van der Waals surface area contributed by atoms with E-state index in [9.17, 15) is 4.79 Å². The summed E-state index contributed by atoms with van der Waals surface area (Å²) in [5, 5.41) is 0. The minimum atomic E-state index is -0.465. The molecule has 11 heavy (non-hydrogen) atoms. The lowest BCUT2D eigenvalue weighted by atomic mass is 9.86. The summed E-state index contributed by atoms with van der Waals surface area (Å²) in [4.78, 5) is 14.6. The first-order valence-electron chi connectivity index (χ1n) is 3.53. The van der Waals surface area contributed by atoms with Crippen LogP contribution in [-0.4, -0.2) is 12.0 Å². The van der Waals surface area contributed by atoms with E-state index in [1.165, 1.54) is 0 Å². The molecule has 0 aromatic rings. The van der Waals surface area contributed by atoms with Crippen LogP contribution in [0.2, 0.25) is 0 Å². The average molecular weight is 160 g/mol. The maximum Gasteiger partial charge on any atom is 0.325 e. The van der Waals surface area contributed by atoms with Crippen LogP contribution < -0.4 is 11.6 Å². The maximum atomic E-state index is 10.6. The molecule has 0 aliphatic heterocycles. The Bertz CT molecular complexity index is 140. The molecule has 0 bridgehead atoms. The van der Waals surface area contributed by atoms with Crippen LogP contribution in [0.15, 0.2) is 0 Å². The van der Waals surface area contributed by atoms with Crippen molar-refractivity contribution in [1.29, 1.82) is 0 Å². The van der Waals surface area contributed by atoms with Gasteiger partial charge in [-0.25, -0.2) is 0 Å². The summed E-state index contributed by atoms with van der Waals surface area (Å²) < 4.78 is 0. The molecule has 0 saturated carbocycles. The predicted octanol–water partition coefficient (Wildman–Crippen LogP) is 0.167. The summed E-state index contributed by atoms with van der Waals surface area (Å²) in [5.41, 5.74) is 5.58. The maximum absolute atomic E-state index is 10.6. The fourth-order valence-corrected chi connectivity index (χ4v) is 0.534. The Balaban J connectivity index is 3.87. The monoisotopic (exact) mass is 160 g/mol. The third kappa shape index (κ3) is 3.95. The van der Waals surface area contributed by atoms with Gasteiger partial charge in [-0.15, -0.1) is 0 Å². The van der Waals surface area contributed by atoms with Gasteiger partial charge in [0.25, 0.3) is 0 Å². The van der Waals surface area contributed by atoms with E-state index in [1.54, 1.807) is 0 Å². The van der Waals surface area contributed by atoms with Crippen molar-refractivity contribution in [1.82, 2.24) is 0 Å². The first kappa shape index (κ1) is 10.4. The molecule has 0 aliphatic carbocycles. The van der Waals surface area contributed by atoms with Crippen LogP contribution in [0.1, 0.15) is 27.2 Å². The quantitative estimate of drug-likeness (QED) is 0.564. The van der Waals surface area contributed by atoms with E-state index in [0.717, 1.165) is 0 Å². The largest absolute Gasteiger partial charge is 0.373 e. The third-order valence-corrected chi connectivity index (χ3v) is 1.63. The van der Waals surface area contributed by atoms with E-state index in [2.05, 4.69) is 10.7 Å². The minimum Gasteiger partial charge on any atom is -0.373 e. The molecular formula is C7H16N2O2. The average Bonchev–Trinajstić information content (AvgIpc) is 1.85. The molecule has 1 atom stereocenters. The highest BCUT2D eigenvalue weighted by molar-refractivity contribution is 5.69. The van der Waals surface area contributed by atoms with Crippen LogP contribution in [0.5, 0.6) is 0 Å². The van der Waals surface area contributed by atoms with Crippen molar-refractivity contribution >= 4 is 5.97 Å². The van der Waals surface area contributed by atoms with Crippen molar-refractivity contribution in [3.63, 3.8) is 0 Å². The lowest BCUT2D eigenvalue weighted by molar-refractivity contribution is -0.145. The van der Waals surface area contributed by atoms with Gasteiger partial charge in [0.15, 0.2) is 0 Å². The van der Waals surface area contributed by atoms with E-state index in [1.807, 2.05) is 20.8 Å². The summed E-state index contributed by atoms with van der Waals surface area (Å²) in [6.45, 7) is 5.88. The standard InChI is InChI=1S/C7H16N2O2/c1-7(2,3)5(8)4-6(10)11-9/h5H,4,8-9H2,1-3H3. The smallest absolute Gasteiger partial charge is 0.325 e. The molecule has 1 unspecified atom stereocenters. The molecule has 0 aromatic carbocycles. The van der Waals surface area contributed by atoms with Crippen LogP contribution >= 0.6 is 0 Å². The highest BCUT2D eigenvalue weighted by Gasteiger charge is 2.23. The lowest BCUT2D eigenvalue weighted by Gasteiger charge is -2.25. The first-order chi connectivity index (χ1) is 4.88. The van der Waals surface area contributed by atoms with Gasteiger partial charge in [-0.05, 0) is 5.41 Å². The number of nitrogens with two attached hydrogens (primary N) is 2. The first-order valence-corrected chi connectivity index (χ1v) is 3.53. The van der Waals surface area contributed by atoms with Crippen molar-refractivity contribution in [3.05, 3.63) is 0 Å². The number of carbonyl (C=O) groups is 1. The zero-order valence-corrected chi connectivity index (χ0v) is 7.26. The molecule has 0 aromatic heterocycles. The van der Waals surface area contributed by atoms with E-state index >= 15 is 0 Å². The Morgan fingerprint density at radius 3 is 2.27 bits per heavy atom. The normalized spacial score (nSPS) is 14.3. The fourth-order valence-electron chi connectivity index (χ4n) is 0.534. The zero-order chi connectivity index (χ0) is 9.07. The number of hydrogen-bond donors (Lipinski definition) is 2. The summed E-state index contributed by atoms with van der Waals surface area (Å²) in [7, 11) is 0. The molecule has 0 saturated heterocycles. The summed E-state index contributed by atoms with van der Waals surface area (Å²) >= 11 is 0. The molecular weight excluding hydrogens is 144 g/mol. The second-order valence-corrected chi connectivity index (χ2v) is 3.67. The van der Waals surface area contributed by atoms with Gasteiger partial charge in [0, 0.05) is 6.04 Å². The van der Waals surface area contributed by atoms with Crippen molar-refractivity contribution in [3.8, 4) is 0 Å². The van der Waals surface area contributed by atoms with Crippen molar-refractivity contribution in [2.75, 3.05) is 0 Å².